The first-order valence-corrected chi connectivity index (χ1v) is 5.90. The fourth-order valence-electron chi connectivity index (χ4n) is 1.92. The molecule has 0 saturated heterocycles. The minimum Gasteiger partial charge on any atom is -0.337 e. The molecule has 0 radical (unpaired) electrons. The van der Waals surface area contributed by atoms with Crippen molar-refractivity contribution in [2.75, 3.05) is 0 Å². The van der Waals surface area contributed by atoms with Crippen molar-refractivity contribution >= 4 is 0 Å². The van der Waals surface area contributed by atoms with Gasteiger partial charge < -0.3 is 9.88 Å². The predicted molar refractivity (Wildman–Crippen MR) is 69.7 cm³/mol. The van der Waals surface area contributed by atoms with Crippen LogP contribution in [0.1, 0.15) is 22.5 Å². The Morgan fingerprint density at radius 3 is 2.71 bits per heavy atom. The van der Waals surface area contributed by atoms with Gasteiger partial charge in [-0.2, -0.15) is 0 Å². The van der Waals surface area contributed by atoms with Gasteiger partial charge in [-0.05, 0) is 25.0 Å². The van der Waals surface area contributed by atoms with E-state index in [-0.39, 0.29) is 0 Å². The number of rotatable bonds is 4. The standard InChI is InChI=1S/C14H19N3/c1-11-4-5-13(12(2)8-11)9-15-10-14-16-6-7-17(14)3/h4-8,15H,9-10H2,1-3H3. The van der Waals surface area contributed by atoms with Gasteiger partial charge in [-0.25, -0.2) is 4.98 Å². The summed E-state index contributed by atoms with van der Waals surface area (Å²) in [6, 6.07) is 6.57. The molecule has 1 aromatic heterocycles. The van der Waals surface area contributed by atoms with Gasteiger partial charge in [0.15, 0.2) is 0 Å². The number of aromatic nitrogens is 2. The van der Waals surface area contributed by atoms with Crippen LogP contribution in [-0.2, 0) is 20.1 Å². The van der Waals surface area contributed by atoms with Crippen LogP contribution in [0.25, 0.3) is 0 Å². The van der Waals surface area contributed by atoms with Gasteiger partial charge in [0.1, 0.15) is 5.82 Å². The topological polar surface area (TPSA) is 29.9 Å². The molecular formula is C14H19N3. The number of hydrogen-bond acceptors (Lipinski definition) is 2. The molecule has 3 heteroatoms. The normalized spacial score (nSPS) is 10.8. The number of nitrogens with zero attached hydrogens (tertiary/aromatic N) is 2. The molecule has 0 unspecified atom stereocenters. The molecule has 0 aliphatic rings. The maximum absolute atomic E-state index is 4.28. The Morgan fingerprint density at radius 2 is 2.06 bits per heavy atom. The van der Waals surface area contributed by atoms with Crippen molar-refractivity contribution in [1.29, 1.82) is 0 Å². The molecule has 0 aliphatic carbocycles. The fourth-order valence-corrected chi connectivity index (χ4v) is 1.92. The summed E-state index contributed by atoms with van der Waals surface area (Å²) in [5, 5.41) is 3.42. The van der Waals surface area contributed by atoms with Gasteiger partial charge in [-0.3, -0.25) is 0 Å². The van der Waals surface area contributed by atoms with E-state index in [1.165, 1.54) is 16.7 Å². The van der Waals surface area contributed by atoms with Crippen LogP contribution in [0.15, 0.2) is 30.6 Å². The van der Waals surface area contributed by atoms with E-state index >= 15 is 0 Å². The highest BCUT2D eigenvalue weighted by Gasteiger charge is 2.00. The van der Waals surface area contributed by atoms with Crippen molar-refractivity contribution in [1.82, 2.24) is 14.9 Å². The molecule has 0 atom stereocenters. The largest absolute Gasteiger partial charge is 0.337 e. The highest BCUT2D eigenvalue weighted by Crippen LogP contribution is 2.10. The molecule has 2 aromatic rings. The van der Waals surface area contributed by atoms with Crippen LogP contribution < -0.4 is 5.32 Å². The minimum atomic E-state index is 0.802. The molecule has 0 fully saturated rings. The summed E-state index contributed by atoms with van der Waals surface area (Å²) in [5.41, 5.74) is 4.01. The van der Waals surface area contributed by atoms with Crippen molar-refractivity contribution in [3.63, 3.8) is 0 Å². The smallest absolute Gasteiger partial charge is 0.122 e. The molecule has 17 heavy (non-hydrogen) atoms. The van der Waals surface area contributed by atoms with E-state index in [1.807, 2.05) is 24.0 Å². The number of imidazole rings is 1. The van der Waals surface area contributed by atoms with Crippen molar-refractivity contribution in [2.24, 2.45) is 7.05 Å². The van der Waals surface area contributed by atoms with Gasteiger partial charge in [-0.1, -0.05) is 23.8 Å². The Bertz CT molecular complexity index is 500. The summed E-state index contributed by atoms with van der Waals surface area (Å²) in [7, 11) is 2.02. The zero-order valence-electron chi connectivity index (χ0n) is 10.7. The van der Waals surface area contributed by atoms with Gasteiger partial charge in [0.05, 0.1) is 6.54 Å². The van der Waals surface area contributed by atoms with Crippen LogP contribution in [0, 0.1) is 13.8 Å². The molecule has 3 nitrogen and oxygen atoms in total. The van der Waals surface area contributed by atoms with E-state index in [9.17, 15) is 0 Å². The molecule has 0 amide bonds. The molecule has 0 aliphatic heterocycles. The average Bonchev–Trinajstić information content (AvgIpc) is 2.68. The number of aryl methyl sites for hydroxylation is 3. The molecule has 0 saturated carbocycles. The molecule has 0 bridgehead atoms. The first kappa shape index (κ1) is 11.9. The highest BCUT2D eigenvalue weighted by molar-refractivity contribution is 5.30. The van der Waals surface area contributed by atoms with Crippen LogP contribution in [0.2, 0.25) is 0 Å². The number of benzene rings is 1. The van der Waals surface area contributed by atoms with Crippen molar-refractivity contribution < 1.29 is 0 Å². The second-order valence-corrected chi connectivity index (χ2v) is 4.49. The number of nitrogens with one attached hydrogen (secondary N) is 1. The van der Waals surface area contributed by atoms with E-state index in [4.69, 9.17) is 0 Å². The fraction of sp³-hybridized carbons (Fsp3) is 0.357. The van der Waals surface area contributed by atoms with Crippen LogP contribution in [0.3, 0.4) is 0 Å². The summed E-state index contributed by atoms with van der Waals surface area (Å²) in [6.45, 7) is 5.97. The molecule has 90 valence electrons. The van der Waals surface area contributed by atoms with Crippen molar-refractivity contribution in [3.05, 3.63) is 53.1 Å². The molecule has 1 heterocycles. The summed E-state index contributed by atoms with van der Waals surface area (Å²) in [6.07, 6.45) is 3.79. The maximum atomic E-state index is 4.28. The summed E-state index contributed by atoms with van der Waals surface area (Å²) in [4.78, 5) is 4.28. The molecular weight excluding hydrogens is 210 g/mol. The third-order valence-corrected chi connectivity index (χ3v) is 3.02. The Kier molecular flexibility index (Phi) is 3.59. The Labute approximate surface area is 103 Å². The van der Waals surface area contributed by atoms with E-state index in [1.54, 1.807) is 0 Å². The zero-order valence-corrected chi connectivity index (χ0v) is 10.7. The lowest BCUT2D eigenvalue weighted by Gasteiger charge is -2.08. The molecule has 2 rings (SSSR count). The van der Waals surface area contributed by atoms with Crippen molar-refractivity contribution in [3.8, 4) is 0 Å². The van der Waals surface area contributed by atoms with Crippen molar-refractivity contribution in [2.45, 2.75) is 26.9 Å². The van der Waals surface area contributed by atoms with Gasteiger partial charge in [-0.15, -0.1) is 0 Å². The Balaban J connectivity index is 1.92. The Morgan fingerprint density at radius 1 is 1.24 bits per heavy atom. The van der Waals surface area contributed by atoms with Crippen LogP contribution in [0.5, 0.6) is 0 Å². The van der Waals surface area contributed by atoms with E-state index in [0.29, 0.717) is 0 Å². The lowest BCUT2D eigenvalue weighted by Crippen LogP contribution is -2.16. The molecule has 0 spiro atoms. The lowest BCUT2D eigenvalue weighted by atomic mass is 10.1. The predicted octanol–water partition coefficient (Wildman–Crippen LogP) is 2.33. The van der Waals surface area contributed by atoms with Gasteiger partial charge in [0, 0.05) is 26.0 Å². The first-order valence-electron chi connectivity index (χ1n) is 5.90. The molecule has 1 aromatic carbocycles. The van der Waals surface area contributed by atoms with Crippen LogP contribution in [0.4, 0.5) is 0 Å². The van der Waals surface area contributed by atoms with Gasteiger partial charge in [0.2, 0.25) is 0 Å². The van der Waals surface area contributed by atoms with Crippen LogP contribution >= 0.6 is 0 Å². The third-order valence-electron chi connectivity index (χ3n) is 3.02. The highest BCUT2D eigenvalue weighted by atomic mass is 15.1. The summed E-state index contributed by atoms with van der Waals surface area (Å²) < 4.78 is 2.04. The molecule has 1 N–H and O–H groups in total. The van der Waals surface area contributed by atoms with Gasteiger partial charge in [0.25, 0.3) is 0 Å². The SMILES string of the molecule is Cc1ccc(CNCc2nccn2C)c(C)c1. The van der Waals surface area contributed by atoms with E-state index in [2.05, 4.69) is 42.3 Å². The Hall–Kier alpha value is -1.61. The average molecular weight is 229 g/mol. The quantitative estimate of drug-likeness (QED) is 0.872. The maximum Gasteiger partial charge on any atom is 0.122 e. The zero-order chi connectivity index (χ0) is 12.3. The summed E-state index contributed by atoms with van der Waals surface area (Å²) >= 11 is 0. The van der Waals surface area contributed by atoms with Gasteiger partial charge >= 0.3 is 0 Å². The minimum absolute atomic E-state index is 0.802. The summed E-state index contributed by atoms with van der Waals surface area (Å²) in [5.74, 6) is 1.06. The monoisotopic (exact) mass is 229 g/mol. The second-order valence-electron chi connectivity index (χ2n) is 4.49. The number of hydrogen-bond donors (Lipinski definition) is 1. The van der Waals surface area contributed by atoms with E-state index in [0.717, 1.165) is 18.9 Å². The first-order chi connectivity index (χ1) is 8.16. The lowest BCUT2D eigenvalue weighted by molar-refractivity contribution is 0.637. The second kappa shape index (κ2) is 5.15. The van der Waals surface area contributed by atoms with Crippen LogP contribution in [-0.4, -0.2) is 9.55 Å². The third kappa shape index (κ3) is 2.94. The van der Waals surface area contributed by atoms with E-state index < -0.39 is 0 Å².